The van der Waals surface area contributed by atoms with Gasteiger partial charge in [-0.1, -0.05) is 18.2 Å². The lowest BCUT2D eigenvalue weighted by Gasteiger charge is -2.27. The molecule has 5 heteroatoms. The van der Waals surface area contributed by atoms with Gasteiger partial charge in [-0.25, -0.2) is 8.78 Å². The first kappa shape index (κ1) is 14.6. The zero-order valence-corrected chi connectivity index (χ0v) is 11.3. The summed E-state index contributed by atoms with van der Waals surface area (Å²) in [5, 5.41) is 0. The van der Waals surface area contributed by atoms with Gasteiger partial charge in [0.1, 0.15) is 0 Å². The Balaban J connectivity index is 2.21. The van der Waals surface area contributed by atoms with Crippen LogP contribution in [0.15, 0.2) is 42.7 Å². The van der Waals surface area contributed by atoms with E-state index in [1.165, 1.54) is 6.07 Å². The number of benzene rings is 1. The van der Waals surface area contributed by atoms with E-state index in [1.807, 2.05) is 24.1 Å². The van der Waals surface area contributed by atoms with E-state index in [2.05, 4.69) is 4.98 Å². The average Bonchev–Trinajstić information content (AvgIpc) is 2.45. The Bertz CT molecular complexity index is 560. The molecule has 0 radical (unpaired) electrons. The molecule has 1 heterocycles. The predicted molar refractivity (Wildman–Crippen MR) is 73.9 cm³/mol. The van der Waals surface area contributed by atoms with Gasteiger partial charge in [-0.2, -0.15) is 0 Å². The number of halogens is 2. The fraction of sp³-hybridized carbons (Fsp3) is 0.267. The fourth-order valence-electron chi connectivity index (χ4n) is 2.21. The van der Waals surface area contributed by atoms with Gasteiger partial charge in [0.25, 0.3) is 0 Å². The van der Waals surface area contributed by atoms with Crippen LogP contribution in [0.2, 0.25) is 0 Å². The van der Waals surface area contributed by atoms with Gasteiger partial charge in [0.15, 0.2) is 11.6 Å². The summed E-state index contributed by atoms with van der Waals surface area (Å²) in [6.07, 6.45) is 3.43. The minimum absolute atomic E-state index is 0.205. The molecule has 3 nitrogen and oxygen atoms in total. The van der Waals surface area contributed by atoms with Crippen LogP contribution in [0.3, 0.4) is 0 Å². The molecule has 106 valence electrons. The first-order valence-electron chi connectivity index (χ1n) is 6.36. The molecule has 2 aromatic rings. The van der Waals surface area contributed by atoms with Gasteiger partial charge in [0.2, 0.25) is 0 Å². The third-order valence-corrected chi connectivity index (χ3v) is 3.25. The molecule has 0 aliphatic carbocycles. The van der Waals surface area contributed by atoms with Gasteiger partial charge < -0.3 is 5.73 Å². The summed E-state index contributed by atoms with van der Waals surface area (Å²) in [6.45, 7) is 0.767. The van der Waals surface area contributed by atoms with Crippen LogP contribution in [-0.4, -0.2) is 23.5 Å². The van der Waals surface area contributed by atoms with E-state index >= 15 is 0 Å². The summed E-state index contributed by atoms with van der Waals surface area (Å²) in [6, 6.07) is 7.55. The van der Waals surface area contributed by atoms with Crippen LogP contribution in [0.4, 0.5) is 8.78 Å². The predicted octanol–water partition coefficient (Wildman–Crippen LogP) is 2.49. The highest BCUT2D eigenvalue weighted by Gasteiger charge is 2.21. The highest BCUT2D eigenvalue weighted by molar-refractivity contribution is 5.23. The standard InChI is InChI=1S/C15H17F2N3/c1-20(10-11-4-3-7-19-9-11)14(8-18)12-5-2-6-13(16)15(12)17/h2-7,9,14H,8,10,18H2,1H3. The van der Waals surface area contributed by atoms with Gasteiger partial charge >= 0.3 is 0 Å². The van der Waals surface area contributed by atoms with Crippen LogP contribution in [0.5, 0.6) is 0 Å². The maximum Gasteiger partial charge on any atom is 0.163 e. The highest BCUT2D eigenvalue weighted by Crippen LogP contribution is 2.24. The minimum atomic E-state index is -0.851. The average molecular weight is 277 g/mol. The molecule has 0 saturated carbocycles. The molecule has 1 atom stereocenters. The van der Waals surface area contributed by atoms with Gasteiger partial charge in [0, 0.05) is 31.0 Å². The zero-order chi connectivity index (χ0) is 14.5. The van der Waals surface area contributed by atoms with Crippen molar-refractivity contribution in [3.05, 3.63) is 65.5 Å². The topological polar surface area (TPSA) is 42.2 Å². The Morgan fingerprint density at radius 1 is 1.25 bits per heavy atom. The third-order valence-electron chi connectivity index (χ3n) is 3.25. The number of aromatic nitrogens is 1. The molecule has 0 bridgehead atoms. The first-order chi connectivity index (χ1) is 9.63. The molecule has 1 unspecified atom stereocenters. The van der Waals surface area contributed by atoms with Gasteiger partial charge in [-0.05, 0) is 24.7 Å². The zero-order valence-electron chi connectivity index (χ0n) is 11.3. The van der Waals surface area contributed by atoms with Crippen molar-refractivity contribution < 1.29 is 8.78 Å². The third kappa shape index (κ3) is 3.18. The van der Waals surface area contributed by atoms with E-state index in [9.17, 15) is 8.78 Å². The summed E-state index contributed by atoms with van der Waals surface area (Å²) in [5.74, 6) is -1.68. The van der Waals surface area contributed by atoms with Crippen LogP contribution in [0.25, 0.3) is 0 Å². The molecule has 2 N–H and O–H groups in total. The number of hydrogen-bond donors (Lipinski definition) is 1. The van der Waals surface area contributed by atoms with Crippen molar-refractivity contribution in [2.24, 2.45) is 5.73 Å². The molecule has 20 heavy (non-hydrogen) atoms. The number of nitrogens with two attached hydrogens (primary N) is 1. The maximum atomic E-state index is 13.9. The Morgan fingerprint density at radius 2 is 2.05 bits per heavy atom. The largest absolute Gasteiger partial charge is 0.329 e. The molecule has 2 rings (SSSR count). The van der Waals surface area contributed by atoms with Crippen molar-refractivity contribution in [3.8, 4) is 0 Å². The Hall–Kier alpha value is -1.85. The second kappa shape index (κ2) is 6.54. The smallest absolute Gasteiger partial charge is 0.163 e. The van der Waals surface area contributed by atoms with E-state index in [1.54, 1.807) is 18.5 Å². The van der Waals surface area contributed by atoms with Crippen LogP contribution in [0, 0.1) is 11.6 Å². The van der Waals surface area contributed by atoms with Crippen molar-refractivity contribution in [2.45, 2.75) is 12.6 Å². The number of likely N-dealkylation sites (N-methyl/N-ethyl adjacent to an activating group) is 1. The van der Waals surface area contributed by atoms with Crippen molar-refractivity contribution in [1.29, 1.82) is 0 Å². The number of hydrogen-bond acceptors (Lipinski definition) is 3. The Labute approximate surface area is 117 Å². The second-order valence-corrected chi connectivity index (χ2v) is 4.67. The Kier molecular flexibility index (Phi) is 4.76. The molecule has 0 aliphatic rings. The van der Waals surface area contributed by atoms with Crippen molar-refractivity contribution in [3.63, 3.8) is 0 Å². The van der Waals surface area contributed by atoms with E-state index < -0.39 is 11.6 Å². The molecule has 0 fully saturated rings. The van der Waals surface area contributed by atoms with E-state index in [0.29, 0.717) is 6.54 Å². The summed E-state index contributed by atoms with van der Waals surface area (Å²) < 4.78 is 27.2. The number of pyridine rings is 1. The second-order valence-electron chi connectivity index (χ2n) is 4.67. The molecule has 0 amide bonds. The summed E-state index contributed by atoms with van der Waals surface area (Å²) in [4.78, 5) is 5.92. The molecule has 1 aromatic carbocycles. The summed E-state index contributed by atoms with van der Waals surface area (Å²) >= 11 is 0. The summed E-state index contributed by atoms with van der Waals surface area (Å²) in [7, 11) is 1.83. The SMILES string of the molecule is CN(Cc1cccnc1)C(CN)c1cccc(F)c1F. The van der Waals surface area contributed by atoms with E-state index in [-0.39, 0.29) is 18.2 Å². The fourth-order valence-corrected chi connectivity index (χ4v) is 2.21. The molecular formula is C15H17F2N3. The molecule has 1 aromatic heterocycles. The normalized spacial score (nSPS) is 12.7. The van der Waals surface area contributed by atoms with Gasteiger partial charge in [0.05, 0.1) is 6.04 Å². The van der Waals surface area contributed by atoms with Gasteiger partial charge in [-0.15, -0.1) is 0 Å². The van der Waals surface area contributed by atoms with Crippen molar-refractivity contribution in [1.82, 2.24) is 9.88 Å². The monoisotopic (exact) mass is 277 g/mol. The number of nitrogens with zero attached hydrogens (tertiary/aromatic N) is 2. The first-order valence-corrected chi connectivity index (χ1v) is 6.36. The number of rotatable bonds is 5. The van der Waals surface area contributed by atoms with Crippen LogP contribution in [-0.2, 0) is 6.54 Å². The molecule has 0 aliphatic heterocycles. The van der Waals surface area contributed by atoms with E-state index in [0.717, 1.165) is 11.6 Å². The molecule has 0 spiro atoms. The van der Waals surface area contributed by atoms with Crippen LogP contribution in [0.1, 0.15) is 17.2 Å². The lowest BCUT2D eigenvalue weighted by molar-refractivity contribution is 0.235. The van der Waals surface area contributed by atoms with Gasteiger partial charge in [-0.3, -0.25) is 9.88 Å². The van der Waals surface area contributed by atoms with Crippen molar-refractivity contribution in [2.75, 3.05) is 13.6 Å². The lowest BCUT2D eigenvalue weighted by atomic mass is 10.0. The minimum Gasteiger partial charge on any atom is -0.329 e. The van der Waals surface area contributed by atoms with Crippen molar-refractivity contribution >= 4 is 0 Å². The molecule has 0 saturated heterocycles. The molecular weight excluding hydrogens is 260 g/mol. The van der Waals surface area contributed by atoms with E-state index in [4.69, 9.17) is 5.73 Å². The van der Waals surface area contributed by atoms with Crippen LogP contribution >= 0.6 is 0 Å². The highest BCUT2D eigenvalue weighted by atomic mass is 19.2. The van der Waals surface area contributed by atoms with Crippen LogP contribution < -0.4 is 5.73 Å². The quantitative estimate of drug-likeness (QED) is 0.913. The Morgan fingerprint density at radius 3 is 2.70 bits per heavy atom. The summed E-state index contributed by atoms with van der Waals surface area (Å²) in [5.41, 5.74) is 7.00. The maximum absolute atomic E-state index is 13.9. The lowest BCUT2D eigenvalue weighted by Crippen LogP contribution is -2.31.